The molecule has 1 saturated heterocycles. The third-order valence-electron chi connectivity index (χ3n) is 3.40. The predicted molar refractivity (Wildman–Crippen MR) is 75.9 cm³/mol. The van der Waals surface area contributed by atoms with Crippen LogP contribution < -0.4 is 16.0 Å². The number of amides is 2. The van der Waals surface area contributed by atoms with Crippen LogP contribution >= 0.6 is 0 Å². The second-order valence-corrected chi connectivity index (χ2v) is 5.10. The number of carboxylic acid groups (broad SMARTS) is 1. The molecule has 9 nitrogen and oxygen atoms in total. The fraction of sp³-hybridized carbons (Fsp3) is 0.538. The number of hydrogen-bond donors (Lipinski definition) is 5. The van der Waals surface area contributed by atoms with Gasteiger partial charge in [0.05, 0.1) is 12.4 Å². The van der Waals surface area contributed by atoms with Crippen LogP contribution in [0.25, 0.3) is 0 Å². The van der Waals surface area contributed by atoms with Crippen molar-refractivity contribution in [2.45, 2.75) is 31.3 Å². The van der Waals surface area contributed by atoms with Crippen molar-refractivity contribution >= 4 is 17.8 Å². The fourth-order valence-electron chi connectivity index (χ4n) is 2.29. The van der Waals surface area contributed by atoms with Gasteiger partial charge in [0.1, 0.15) is 12.6 Å². The minimum atomic E-state index is -1.14. The standard InChI is InChI=1S/C13H19N5O4/c19-11(20)6-16-12(21)10(4-8-5-14-7-17-8)18-13(22)9-2-1-3-15-9/h5,7,9-10,15H,1-4,6H2,(H,14,17)(H,16,21)(H,18,22)(H,19,20)/t9-,10+/m0/s1. The maximum Gasteiger partial charge on any atom is 0.322 e. The first kappa shape index (κ1) is 16.0. The molecule has 1 fully saturated rings. The van der Waals surface area contributed by atoms with E-state index in [1.54, 1.807) is 6.20 Å². The Bertz CT molecular complexity index is 525. The van der Waals surface area contributed by atoms with Gasteiger partial charge in [-0.2, -0.15) is 0 Å². The number of rotatable bonds is 7. The van der Waals surface area contributed by atoms with Crippen LogP contribution in [-0.2, 0) is 20.8 Å². The van der Waals surface area contributed by atoms with Gasteiger partial charge in [-0.05, 0) is 19.4 Å². The lowest BCUT2D eigenvalue weighted by Gasteiger charge is -2.19. The SMILES string of the molecule is O=C(O)CNC(=O)[C@@H](Cc1cnc[nH]1)NC(=O)[C@@H]1CCCN1. The number of aliphatic carboxylic acids is 1. The Labute approximate surface area is 126 Å². The summed E-state index contributed by atoms with van der Waals surface area (Å²) >= 11 is 0. The van der Waals surface area contributed by atoms with Gasteiger partial charge in [-0.3, -0.25) is 14.4 Å². The average molecular weight is 309 g/mol. The Kier molecular flexibility index (Phi) is 5.48. The van der Waals surface area contributed by atoms with Crippen LogP contribution in [-0.4, -0.2) is 58.0 Å². The summed E-state index contributed by atoms with van der Waals surface area (Å²) in [6.45, 7) is 0.282. The van der Waals surface area contributed by atoms with Crippen LogP contribution in [0.2, 0.25) is 0 Å². The lowest BCUT2D eigenvalue weighted by Crippen LogP contribution is -2.53. The quantitative estimate of drug-likeness (QED) is 0.411. The monoisotopic (exact) mass is 309 g/mol. The van der Waals surface area contributed by atoms with E-state index in [0.29, 0.717) is 5.69 Å². The molecule has 22 heavy (non-hydrogen) atoms. The van der Waals surface area contributed by atoms with E-state index in [-0.39, 0.29) is 18.4 Å². The number of carboxylic acids is 1. The number of hydrogen-bond acceptors (Lipinski definition) is 5. The maximum absolute atomic E-state index is 12.1. The summed E-state index contributed by atoms with van der Waals surface area (Å²) in [4.78, 5) is 41.5. The van der Waals surface area contributed by atoms with Crippen LogP contribution in [0, 0.1) is 0 Å². The van der Waals surface area contributed by atoms with E-state index in [1.165, 1.54) is 6.33 Å². The number of carbonyl (C=O) groups excluding carboxylic acids is 2. The average Bonchev–Trinajstić information content (AvgIpc) is 3.16. The smallest absolute Gasteiger partial charge is 0.322 e. The molecule has 1 aromatic heterocycles. The first-order valence-electron chi connectivity index (χ1n) is 7.07. The molecule has 2 atom stereocenters. The van der Waals surface area contributed by atoms with E-state index < -0.39 is 24.5 Å². The predicted octanol–water partition coefficient (Wildman–Crippen LogP) is -1.61. The van der Waals surface area contributed by atoms with E-state index in [1.807, 2.05) is 0 Å². The van der Waals surface area contributed by atoms with Gasteiger partial charge in [0.2, 0.25) is 11.8 Å². The van der Waals surface area contributed by atoms with Crippen molar-refractivity contribution in [3.63, 3.8) is 0 Å². The molecule has 0 aliphatic carbocycles. The van der Waals surface area contributed by atoms with Crippen molar-refractivity contribution in [2.75, 3.05) is 13.1 Å². The Hall–Kier alpha value is -2.42. The van der Waals surface area contributed by atoms with Gasteiger partial charge in [-0.15, -0.1) is 0 Å². The van der Waals surface area contributed by atoms with Gasteiger partial charge >= 0.3 is 5.97 Å². The van der Waals surface area contributed by atoms with E-state index in [2.05, 4.69) is 25.9 Å². The Morgan fingerprint density at radius 3 is 2.86 bits per heavy atom. The number of nitrogens with zero attached hydrogens (tertiary/aromatic N) is 1. The second kappa shape index (κ2) is 7.55. The molecule has 0 spiro atoms. The maximum atomic E-state index is 12.1. The molecule has 0 bridgehead atoms. The molecule has 9 heteroatoms. The molecule has 5 N–H and O–H groups in total. The zero-order valence-electron chi connectivity index (χ0n) is 12.0. The van der Waals surface area contributed by atoms with E-state index >= 15 is 0 Å². The van der Waals surface area contributed by atoms with E-state index in [4.69, 9.17) is 5.11 Å². The summed E-state index contributed by atoms with van der Waals surface area (Å²) in [6, 6.07) is -1.16. The molecule has 0 aromatic carbocycles. The summed E-state index contributed by atoms with van der Waals surface area (Å²) in [5.74, 6) is -1.94. The topological polar surface area (TPSA) is 136 Å². The number of nitrogens with one attached hydrogen (secondary N) is 4. The van der Waals surface area contributed by atoms with Gasteiger partial charge in [0.15, 0.2) is 0 Å². The van der Waals surface area contributed by atoms with Crippen LogP contribution in [0.1, 0.15) is 18.5 Å². The minimum absolute atomic E-state index is 0.212. The fourth-order valence-corrected chi connectivity index (χ4v) is 2.29. The molecule has 120 valence electrons. The summed E-state index contributed by atoms with van der Waals surface area (Å²) in [5.41, 5.74) is 0.676. The van der Waals surface area contributed by atoms with Gasteiger partial charge < -0.3 is 26.0 Å². The highest BCUT2D eigenvalue weighted by Gasteiger charge is 2.27. The van der Waals surface area contributed by atoms with Crippen molar-refractivity contribution in [3.8, 4) is 0 Å². The summed E-state index contributed by atoms with van der Waals surface area (Å²) in [5, 5.41) is 16.6. The summed E-state index contributed by atoms with van der Waals surface area (Å²) in [7, 11) is 0. The highest BCUT2D eigenvalue weighted by Crippen LogP contribution is 2.06. The molecular formula is C13H19N5O4. The third-order valence-corrected chi connectivity index (χ3v) is 3.40. The molecule has 2 heterocycles. The van der Waals surface area contributed by atoms with Crippen LogP contribution in [0.3, 0.4) is 0 Å². The molecule has 2 rings (SSSR count). The molecule has 1 aliphatic rings. The van der Waals surface area contributed by atoms with Crippen LogP contribution in [0.15, 0.2) is 12.5 Å². The zero-order chi connectivity index (χ0) is 15.9. The Morgan fingerprint density at radius 1 is 1.45 bits per heavy atom. The van der Waals surface area contributed by atoms with E-state index in [0.717, 1.165) is 19.4 Å². The summed E-state index contributed by atoms with van der Waals surface area (Å²) in [6.07, 6.45) is 4.87. The first-order chi connectivity index (χ1) is 10.6. The Morgan fingerprint density at radius 2 is 2.27 bits per heavy atom. The molecular weight excluding hydrogens is 290 g/mol. The molecule has 2 amide bonds. The Balaban J connectivity index is 1.98. The molecule has 0 unspecified atom stereocenters. The number of imidazole rings is 1. The van der Waals surface area contributed by atoms with Crippen molar-refractivity contribution < 1.29 is 19.5 Å². The molecule has 1 aromatic rings. The lowest BCUT2D eigenvalue weighted by atomic mass is 10.1. The van der Waals surface area contributed by atoms with Crippen LogP contribution in [0.4, 0.5) is 0 Å². The number of H-pyrrole nitrogens is 1. The van der Waals surface area contributed by atoms with Gasteiger partial charge in [0.25, 0.3) is 0 Å². The van der Waals surface area contributed by atoms with Gasteiger partial charge in [0, 0.05) is 18.3 Å². The normalized spacial score (nSPS) is 18.6. The third kappa shape index (κ3) is 4.55. The van der Waals surface area contributed by atoms with Crippen molar-refractivity contribution in [1.29, 1.82) is 0 Å². The summed E-state index contributed by atoms with van der Waals surface area (Å²) < 4.78 is 0. The number of aromatic amines is 1. The zero-order valence-corrected chi connectivity index (χ0v) is 12.0. The second-order valence-electron chi connectivity index (χ2n) is 5.10. The highest BCUT2D eigenvalue weighted by atomic mass is 16.4. The number of carbonyl (C=O) groups is 3. The van der Waals surface area contributed by atoms with Crippen molar-refractivity contribution in [1.82, 2.24) is 25.9 Å². The molecule has 1 aliphatic heterocycles. The van der Waals surface area contributed by atoms with Crippen molar-refractivity contribution in [3.05, 3.63) is 18.2 Å². The molecule has 0 saturated carbocycles. The lowest BCUT2D eigenvalue weighted by molar-refractivity contribution is -0.138. The first-order valence-corrected chi connectivity index (χ1v) is 7.07. The largest absolute Gasteiger partial charge is 0.480 e. The van der Waals surface area contributed by atoms with Crippen molar-refractivity contribution in [2.24, 2.45) is 0 Å². The van der Waals surface area contributed by atoms with E-state index in [9.17, 15) is 14.4 Å². The van der Waals surface area contributed by atoms with Gasteiger partial charge in [-0.25, -0.2) is 4.98 Å². The van der Waals surface area contributed by atoms with Crippen LogP contribution in [0.5, 0.6) is 0 Å². The minimum Gasteiger partial charge on any atom is -0.480 e. The van der Waals surface area contributed by atoms with Gasteiger partial charge in [-0.1, -0.05) is 0 Å². The molecule has 0 radical (unpaired) electrons. The number of aromatic nitrogens is 2. The highest BCUT2D eigenvalue weighted by molar-refractivity contribution is 5.91.